The molecule has 2 N–H and O–H groups in total. The van der Waals surface area contributed by atoms with Crippen LogP contribution in [0.4, 0.5) is 0 Å². The van der Waals surface area contributed by atoms with Gasteiger partial charge in [0.1, 0.15) is 0 Å². The van der Waals surface area contributed by atoms with Gasteiger partial charge in [-0.1, -0.05) is 23.8 Å². The van der Waals surface area contributed by atoms with Crippen LogP contribution in [0.3, 0.4) is 0 Å². The zero-order valence-electron chi connectivity index (χ0n) is 10.1. The van der Waals surface area contributed by atoms with E-state index in [0.29, 0.717) is 19.1 Å². The molecule has 2 unspecified atom stereocenters. The number of rotatable bonds is 3. The van der Waals surface area contributed by atoms with Crippen LogP contribution in [-0.2, 0) is 9.47 Å². The fourth-order valence-corrected chi connectivity index (χ4v) is 2.39. The Labute approximate surface area is 97.3 Å². The van der Waals surface area contributed by atoms with Crippen molar-refractivity contribution in [2.45, 2.75) is 38.6 Å². The maximum atomic E-state index is 5.89. The lowest BCUT2D eigenvalue weighted by Gasteiger charge is -2.26. The Morgan fingerprint density at radius 3 is 2.88 bits per heavy atom. The van der Waals surface area contributed by atoms with Gasteiger partial charge in [-0.25, -0.2) is 0 Å². The molecule has 2 rings (SSSR count). The molecule has 16 heavy (non-hydrogen) atoms. The van der Waals surface area contributed by atoms with E-state index in [0.717, 1.165) is 12.8 Å². The van der Waals surface area contributed by atoms with Gasteiger partial charge in [-0.05, 0) is 26.7 Å². The Hall–Kier alpha value is -0.640. The second-order valence-electron chi connectivity index (χ2n) is 4.92. The van der Waals surface area contributed by atoms with E-state index < -0.39 is 5.79 Å². The van der Waals surface area contributed by atoms with Gasteiger partial charge in [0.15, 0.2) is 5.79 Å². The standard InChI is InChI=1S/C13H21NO2/c1-13(2)15-9-12(16-13)11(8-14)10-6-4-3-5-7-10/h3-4,6,11-12H,5,7-9,14H2,1-2H3. The predicted octanol–water partition coefficient (Wildman–Crippen LogP) is 1.99. The molecule has 1 aliphatic heterocycles. The van der Waals surface area contributed by atoms with Crippen molar-refractivity contribution in [2.24, 2.45) is 11.7 Å². The smallest absolute Gasteiger partial charge is 0.163 e. The van der Waals surface area contributed by atoms with Crippen LogP contribution in [0.25, 0.3) is 0 Å². The van der Waals surface area contributed by atoms with E-state index in [2.05, 4.69) is 18.2 Å². The molecule has 1 heterocycles. The summed E-state index contributed by atoms with van der Waals surface area (Å²) in [6.45, 7) is 5.19. The molecule has 0 aromatic heterocycles. The van der Waals surface area contributed by atoms with Crippen molar-refractivity contribution < 1.29 is 9.47 Å². The SMILES string of the molecule is CC1(C)OCC(C(CN)C2=CC=CCC2)O1. The quantitative estimate of drug-likeness (QED) is 0.795. The van der Waals surface area contributed by atoms with Crippen molar-refractivity contribution >= 4 is 0 Å². The minimum atomic E-state index is -0.455. The molecule has 1 fully saturated rings. The number of allylic oxidation sites excluding steroid dienone is 3. The van der Waals surface area contributed by atoms with Crippen molar-refractivity contribution in [1.82, 2.24) is 0 Å². The molecule has 2 aliphatic rings. The average Bonchev–Trinajstić information content (AvgIpc) is 2.62. The first-order valence-electron chi connectivity index (χ1n) is 6.00. The van der Waals surface area contributed by atoms with E-state index in [4.69, 9.17) is 15.2 Å². The molecule has 2 atom stereocenters. The Bertz CT molecular complexity index is 307. The van der Waals surface area contributed by atoms with Gasteiger partial charge < -0.3 is 15.2 Å². The molecular formula is C13H21NO2. The number of ether oxygens (including phenoxy) is 2. The molecule has 1 saturated heterocycles. The van der Waals surface area contributed by atoms with Gasteiger partial charge in [-0.15, -0.1) is 0 Å². The molecule has 0 saturated carbocycles. The zero-order chi connectivity index (χ0) is 11.6. The summed E-state index contributed by atoms with van der Waals surface area (Å²) in [5, 5.41) is 0. The number of hydrogen-bond acceptors (Lipinski definition) is 3. The van der Waals surface area contributed by atoms with Gasteiger partial charge in [0.05, 0.1) is 12.7 Å². The monoisotopic (exact) mass is 223 g/mol. The molecule has 0 aromatic carbocycles. The third-order valence-electron chi connectivity index (χ3n) is 3.26. The van der Waals surface area contributed by atoms with Crippen LogP contribution in [0.15, 0.2) is 23.8 Å². The van der Waals surface area contributed by atoms with E-state index in [1.165, 1.54) is 5.57 Å². The summed E-state index contributed by atoms with van der Waals surface area (Å²) in [7, 11) is 0. The van der Waals surface area contributed by atoms with Crippen molar-refractivity contribution in [3.05, 3.63) is 23.8 Å². The summed E-state index contributed by atoms with van der Waals surface area (Å²) in [4.78, 5) is 0. The average molecular weight is 223 g/mol. The molecule has 90 valence electrons. The molecule has 3 nitrogen and oxygen atoms in total. The highest BCUT2D eigenvalue weighted by Gasteiger charge is 2.37. The Morgan fingerprint density at radius 2 is 2.38 bits per heavy atom. The predicted molar refractivity (Wildman–Crippen MR) is 63.9 cm³/mol. The van der Waals surface area contributed by atoms with Crippen LogP contribution in [0.2, 0.25) is 0 Å². The van der Waals surface area contributed by atoms with E-state index in [1.807, 2.05) is 13.8 Å². The molecule has 0 amide bonds. The van der Waals surface area contributed by atoms with Gasteiger partial charge in [-0.3, -0.25) is 0 Å². The van der Waals surface area contributed by atoms with E-state index in [-0.39, 0.29) is 6.10 Å². The molecule has 3 heteroatoms. The maximum absolute atomic E-state index is 5.89. The highest BCUT2D eigenvalue weighted by atomic mass is 16.7. The molecule has 0 spiro atoms. The van der Waals surface area contributed by atoms with Crippen LogP contribution in [0.5, 0.6) is 0 Å². The Morgan fingerprint density at radius 1 is 1.56 bits per heavy atom. The number of hydrogen-bond donors (Lipinski definition) is 1. The van der Waals surface area contributed by atoms with Crippen LogP contribution in [0, 0.1) is 5.92 Å². The van der Waals surface area contributed by atoms with E-state index >= 15 is 0 Å². The van der Waals surface area contributed by atoms with Crippen LogP contribution in [-0.4, -0.2) is 25.0 Å². The van der Waals surface area contributed by atoms with Crippen molar-refractivity contribution in [1.29, 1.82) is 0 Å². The lowest BCUT2D eigenvalue weighted by molar-refractivity contribution is -0.142. The summed E-state index contributed by atoms with van der Waals surface area (Å²) in [5.41, 5.74) is 7.27. The second kappa shape index (κ2) is 4.70. The lowest BCUT2D eigenvalue weighted by atomic mass is 9.88. The van der Waals surface area contributed by atoms with E-state index in [1.54, 1.807) is 0 Å². The summed E-state index contributed by atoms with van der Waals surface area (Å²) >= 11 is 0. The summed E-state index contributed by atoms with van der Waals surface area (Å²) in [5.74, 6) is -0.157. The molecule has 0 radical (unpaired) electrons. The first-order valence-corrected chi connectivity index (χ1v) is 6.00. The van der Waals surface area contributed by atoms with Crippen molar-refractivity contribution in [3.63, 3.8) is 0 Å². The summed E-state index contributed by atoms with van der Waals surface area (Å²) in [6.07, 6.45) is 8.79. The minimum Gasteiger partial charge on any atom is -0.348 e. The number of nitrogens with two attached hydrogens (primary N) is 1. The second-order valence-corrected chi connectivity index (χ2v) is 4.92. The zero-order valence-corrected chi connectivity index (χ0v) is 10.1. The Kier molecular flexibility index (Phi) is 3.47. The van der Waals surface area contributed by atoms with Crippen LogP contribution >= 0.6 is 0 Å². The molecule has 0 bridgehead atoms. The molecule has 0 aromatic rings. The highest BCUT2D eigenvalue weighted by Crippen LogP contribution is 2.32. The lowest BCUT2D eigenvalue weighted by Crippen LogP contribution is -2.33. The van der Waals surface area contributed by atoms with Crippen molar-refractivity contribution in [3.8, 4) is 0 Å². The largest absolute Gasteiger partial charge is 0.348 e. The van der Waals surface area contributed by atoms with Gasteiger partial charge in [0.2, 0.25) is 0 Å². The van der Waals surface area contributed by atoms with Gasteiger partial charge >= 0.3 is 0 Å². The first-order chi connectivity index (χ1) is 7.62. The van der Waals surface area contributed by atoms with Gasteiger partial charge in [0.25, 0.3) is 0 Å². The minimum absolute atomic E-state index is 0.109. The molecular weight excluding hydrogens is 202 g/mol. The van der Waals surface area contributed by atoms with Gasteiger partial charge in [0, 0.05) is 12.5 Å². The maximum Gasteiger partial charge on any atom is 0.163 e. The fourth-order valence-electron chi connectivity index (χ4n) is 2.39. The normalized spacial score (nSPS) is 30.2. The Balaban J connectivity index is 2.05. The van der Waals surface area contributed by atoms with Crippen LogP contribution in [0.1, 0.15) is 26.7 Å². The topological polar surface area (TPSA) is 44.5 Å². The third-order valence-corrected chi connectivity index (χ3v) is 3.26. The third kappa shape index (κ3) is 2.54. The van der Waals surface area contributed by atoms with E-state index in [9.17, 15) is 0 Å². The van der Waals surface area contributed by atoms with Gasteiger partial charge in [-0.2, -0.15) is 0 Å². The van der Waals surface area contributed by atoms with Crippen LogP contribution < -0.4 is 5.73 Å². The summed E-state index contributed by atoms with van der Waals surface area (Å²) < 4.78 is 11.5. The summed E-state index contributed by atoms with van der Waals surface area (Å²) in [6, 6.07) is 0. The molecule has 1 aliphatic carbocycles. The fraction of sp³-hybridized carbons (Fsp3) is 0.692. The van der Waals surface area contributed by atoms with Crippen molar-refractivity contribution in [2.75, 3.05) is 13.2 Å². The highest BCUT2D eigenvalue weighted by molar-refractivity contribution is 5.21. The first kappa shape index (κ1) is 11.8.